The highest BCUT2D eigenvalue weighted by Crippen LogP contribution is 2.58. The topological polar surface area (TPSA) is 103 Å². The number of aliphatic imine (C=N–C) groups is 1. The average Bonchev–Trinajstić information content (AvgIpc) is 2.52. The second-order valence-electron chi connectivity index (χ2n) is 5.51. The predicted octanol–water partition coefficient (Wildman–Crippen LogP) is 3.74. The van der Waals surface area contributed by atoms with Crippen LogP contribution in [0.25, 0.3) is 0 Å². The maximum absolute atomic E-state index is 11.1. The first-order valence-electron chi connectivity index (χ1n) is 7.99. The minimum absolute atomic E-state index is 0.162. The number of carboxylic acid groups (broad SMARTS) is 1. The lowest BCUT2D eigenvalue weighted by Crippen LogP contribution is -2.38. The number of carbonyl (C=O) groups is 1. The van der Waals surface area contributed by atoms with Gasteiger partial charge in [0.05, 0.1) is 5.69 Å². The lowest BCUT2D eigenvalue weighted by atomic mass is 10.3. The van der Waals surface area contributed by atoms with E-state index in [-0.39, 0.29) is 18.8 Å². The van der Waals surface area contributed by atoms with Crippen molar-refractivity contribution in [1.82, 2.24) is 4.31 Å². The predicted molar refractivity (Wildman–Crippen MR) is 94.0 cm³/mol. The van der Waals surface area contributed by atoms with Crippen molar-refractivity contribution in [1.29, 1.82) is 0 Å². The minimum atomic E-state index is -3.29. The van der Waals surface area contributed by atoms with Gasteiger partial charge in [0.15, 0.2) is 0 Å². The molecule has 0 fully saturated rings. The first-order valence-corrected chi connectivity index (χ1v) is 9.49. The van der Waals surface area contributed by atoms with Crippen molar-refractivity contribution in [3.05, 3.63) is 24.3 Å². The van der Waals surface area contributed by atoms with Crippen LogP contribution in [0.5, 0.6) is 0 Å². The third-order valence-corrected chi connectivity index (χ3v) is 5.55. The Kier molecular flexibility index (Phi) is 6.61. The van der Waals surface area contributed by atoms with Gasteiger partial charge in [-0.2, -0.15) is 0 Å². The van der Waals surface area contributed by atoms with E-state index in [9.17, 15) is 13.9 Å². The van der Waals surface area contributed by atoms with E-state index in [1.54, 1.807) is 24.3 Å². The summed E-state index contributed by atoms with van der Waals surface area (Å²) in [5.74, 6) is -0.901. The lowest BCUT2D eigenvalue weighted by Gasteiger charge is -2.47. The van der Waals surface area contributed by atoms with Crippen LogP contribution in [0.1, 0.15) is 32.6 Å². The zero-order valence-corrected chi connectivity index (χ0v) is 14.5. The van der Waals surface area contributed by atoms with Gasteiger partial charge in [0.2, 0.25) is 0 Å². The van der Waals surface area contributed by atoms with Gasteiger partial charge in [0.25, 0.3) is 0 Å². The number of amidine groups is 1. The number of ether oxygens (including phenoxy) is 1. The normalized spacial score (nSPS) is 17.1. The third kappa shape index (κ3) is 4.47. The smallest absolute Gasteiger partial charge is 0.311 e. The molecule has 1 aromatic rings. The molecule has 1 aliphatic rings. The lowest BCUT2D eigenvalue weighted by molar-refractivity contribution is -0.135. The maximum Gasteiger partial charge on any atom is 0.311 e. The molecule has 7 nitrogen and oxygen atoms in total. The fourth-order valence-electron chi connectivity index (χ4n) is 2.42. The summed E-state index contributed by atoms with van der Waals surface area (Å²) < 4.78 is 28.1. The summed E-state index contributed by atoms with van der Waals surface area (Å²) in [4.78, 5) is 15.7. The molecule has 0 bridgehead atoms. The van der Waals surface area contributed by atoms with E-state index in [1.807, 2.05) is 0 Å². The molecule has 24 heavy (non-hydrogen) atoms. The van der Waals surface area contributed by atoms with E-state index in [0.717, 1.165) is 12.8 Å². The van der Waals surface area contributed by atoms with Crippen molar-refractivity contribution in [2.24, 2.45) is 4.99 Å². The van der Waals surface area contributed by atoms with Crippen molar-refractivity contribution in [3.63, 3.8) is 0 Å². The van der Waals surface area contributed by atoms with E-state index in [1.165, 1.54) is 4.31 Å². The number of nitrogens with zero attached hydrogens (tertiary/aromatic N) is 2. The Morgan fingerprint density at radius 1 is 1.25 bits per heavy atom. The van der Waals surface area contributed by atoms with Gasteiger partial charge in [-0.05, 0) is 25.0 Å². The summed E-state index contributed by atoms with van der Waals surface area (Å²) in [6.45, 7) is 3.51. The molecule has 0 unspecified atom stereocenters. The Balaban J connectivity index is 2.12. The molecular weight excluding hydrogens is 332 g/mol. The van der Waals surface area contributed by atoms with Crippen LogP contribution in [-0.4, -0.2) is 50.1 Å². The van der Waals surface area contributed by atoms with Crippen LogP contribution in [0.4, 0.5) is 5.69 Å². The van der Waals surface area contributed by atoms with Crippen LogP contribution >= 0.6 is 10.8 Å². The van der Waals surface area contributed by atoms with Crippen molar-refractivity contribution in [2.75, 3.05) is 19.8 Å². The fraction of sp³-hybridized carbons (Fsp3) is 0.500. The first-order chi connectivity index (χ1) is 11.5. The number of rotatable bonds is 9. The van der Waals surface area contributed by atoms with Crippen LogP contribution in [-0.2, 0) is 9.53 Å². The van der Waals surface area contributed by atoms with Crippen LogP contribution < -0.4 is 0 Å². The zero-order valence-electron chi connectivity index (χ0n) is 13.7. The van der Waals surface area contributed by atoms with Crippen LogP contribution in [0, 0.1) is 0 Å². The van der Waals surface area contributed by atoms with E-state index in [0.29, 0.717) is 30.2 Å². The first kappa shape index (κ1) is 18.7. The van der Waals surface area contributed by atoms with E-state index >= 15 is 0 Å². The highest BCUT2D eigenvalue weighted by molar-refractivity contribution is 8.22. The molecule has 0 spiro atoms. The number of unbranched alkanes of at least 4 members (excludes halogenated alkanes) is 1. The molecule has 0 aromatic heterocycles. The highest BCUT2D eigenvalue weighted by Gasteiger charge is 2.34. The maximum atomic E-state index is 11.1. The van der Waals surface area contributed by atoms with Crippen molar-refractivity contribution in [2.45, 2.75) is 37.5 Å². The molecule has 1 heterocycles. The zero-order chi connectivity index (χ0) is 17.6. The molecule has 8 heteroatoms. The fourth-order valence-corrected chi connectivity index (χ4v) is 4.10. The van der Waals surface area contributed by atoms with Crippen LogP contribution in [0.3, 0.4) is 0 Å². The Morgan fingerprint density at radius 2 is 1.96 bits per heavy atom. The molecule has 0 radical (unpaired) electrons. The molecule has 2 rings (SSSR count). The van der Waals surface area contributed by atoms with Gasteiger partial charge in [-0.15, -0.1) is 0 Å². The number of hydrogen-bond acceptors (Lipinski definition) is 6. The standard InChI is InChI=1S/C16H24N2O5S/c1-2-3-10-23-11-6-9-18-15(12-16(19)20)17-13-7-4-5-8-14(13)24(18,21)22/h4-5,7-8,21-22H,2-3,6,9-12H2,1H3,(H,19,20). The summed E-state index contributed by atoms with van der Waals surface area (Å²) in [5.41, 5.74) is 0.407. The molecule has 0 aliphatic carbocycles. The van der Waals surface area contributed by atoms with E-state index < -0.39 is 16.7 Å². The van der Waals surface area contributed by atoms with Gasteiger partial charge in [-0.3, -0.25) is 18.2 Å². The number of aliphatic carboxylic acids is 1. The summed E-state index contributed by atoms with van der Waals surface area (Å²) in [5, 5.41) is 9.08. The van der Waals surface area contributed by atoms with Gasteiger partial charge in [-0.25, -0.2) is 4.99 Å². The molecule has 0 saturated heterocycles. The molecular formula is C16H24N2O5S. The molecule has 0 amide bonds. The second kappa shape index (κ2) is 8.48. The number of carboxylic acids is 1. The van der Waals surface area contributed by atoms with Gasteiger partial charge < -0.3 is 9.84 Å². The molecule has 134 valence electrons. The quantitative estimate of drug-likeness (QED) is 0.583. The summed E-state index contributed by atoms with van der Waals surface area (Å²) in [6.07, 6.45) is 2.23. The largest absolute Gasteiger partial charge is 0.481 e. The van der Waals surface area contributed by atoms with Crippen molar-refractivity contribution < 1.29 is 23.7 Å². The Hall–Kier alpha value is -1.61. The Morgan fingerprint density at radius 3 is 2.67 bits per heavy atom. The number of benzene rings is 1. The average molecular weight is 356 g/mol. The summed E-state index contributed by atoms with van der Waals surface area (Å²) in [7, 11) is -3.29. The third-order valence-electron chi connectivity index (χ3n) is 3.61. The number of hydrogen-bond donors (Lipinski definition) is 3. The Bertz CT molecular complexity index is 606. The minimum Gasteiger partial charge on any atom is -0.481 e. The molecule has 1 aliphatic heterocycles. The molecule has 0 saturated carbocycles. The van der Waals surface area contributed by atoms with Crippen molar-refractivity contribution in [3.8, 4) is 0 Å². The highest BCUT2D eigenvalue weighted by atomic mass is 32.3. The summed E-state index contributed by atoms with van der Waals surface area (Å²) in [6, 6.07) is 6.69. The van der Waals surface area contributed by atoms with Crippen molar-refractivity contribution >= 4 is 28.3 Å². The van der Waals surface area contributed by atoms with Gasteiger partial charge in [0.1, 0.15) is 17.2 Å². The Labute approximate surface area is 143 Å². The molecule has 1 aromatic carbocycles. The molecule has 3 N–H and O–H groups in total. The van der Waals surface area contributed by atoms with E-state index in [4.69, 9.17) is 9.84 Å². The van der Waals surface area contributed by atoms with Crippen LogP contribution in [0.15, 0.2) is 34.2 Å². The number of para-hydroxylation sites is 1. The van der Waals surface area contributed by atoms with Crippen LogP contribution in [0.2, 0.25) is 0 Å². The summed E-state index contributed by atoms with van der Waals surface area (Å²) >= 11 is 0. The van der Waals surface area contributed by atoms with Gasteiger partial charge in [0, 0.05) is 19.8 Å². The van der Waals surface area contributed by atoms with E-state index in [2.05, 4.69) is 11.9 Å². The SMILES string of the molecule is CCCCOCCCN1C(CC(=O)O)=Nc2ccccc2S1(O)O. The van der Waals surface area contributed by atoms with Gasteiger partial charge >= 0.3 is 5.97 Å². The second-order valence-corrected chi connectivity index (χ2v) is 7.42. The number of fused-ring (bicyclic) bond motifs is 1. The monoisotopic (exact) mass is 356 g/mol. The van der Waals surface area contributed by atoms with Gasteiger partial charge in [-0.1, -0.05) is 36.3 Å². The molecule has 0 atom stereocenters.